The van der Waals surface area contributed by atoms with Crippen molar-refractivity contribution in [2.24, 2.45) is 0 Å². The maximum Gasteiger partial charge on any atom is 0.328 e. The van der Waals surface area contributed by atoms with Gasteiger partial charge in [0, 0.05) is 16.3 Å². The van der Waals surface area contributed by atoms with E-state index >= 15 is 0 Å². The van der Waals surface area contributed by atoms with Gasteiger partial charge in [-0.25, -0.2) is 4.79 Å². The van der Waals surface area contributed by atoms with Crippen LogP contribution in [0.5, 0.6) is 5.75 Å². The molecule has 3 aromatic carbocycles. The molecular formula is C23H22BrNO4. The topological polar surface area (TPSA) is 75.6 Å². The Hall–Kier alpha value is -2.86. The van der Waals surface area contributed by atoms with E-state index in [-0.39, 0.29) is 0 Å². The Morgan fingerprint density at radius 1 is 1.03 bits per heavy atom. The SMILES string of the molecule is CC(C)(NC(=O)c1ccc2ccccc2c1OCCc1ccccc1Br)C(=O)O. The standard InChI is InChI=1S/C23H22BrNO4/c1-23(2,22(27)28)25-21(26)18-12-11-15-7-3-5-9-17(15)20(18)29-14-13-16-8-4-6-10-19(16)24/h3-12H,13-14H2,1-2H3,(H,25,26)(H,27,28). The fourth-order valence-corrected chi connectivity index (χ4v) is 3.43. The molecule has 1 amide bonds. The zero-order chi connectivity index (χ0) is 21.0. The van der Waals surface area contributed by atoms with Gasteiger partial charge in [0.05, 0.1) is 12.2 Å². The van der Waals surface area contributed by atoms with Crippen LogP contribution in [0.25, 0.3) is 10.8 Å². The van der Waals surface area contributed by atoms with Crippen molar-refractivity contribution in [2.45, 2.75) is 25.8 Å². The average molecular weight is 456 g/mol. The van der Waals surface area contributed by atoms with Crippen LogP contribution in [0, 0.1) is 0 Å². The summed E-state index contributed by atoms with van der Waals surface area (Å²) in [4.78, 5) is 24.3. The van der Waals surface area contributed by atoms with Gasteiger partial charge in [-0.2, -0.15) is 0 Å². The van der Waals surface area contributed by atoms with Gasteiger partial charge >= 0.3 is 5.97 Å². The first-order valence-electron chi connectivity index (χ1n) is 9.23. The monoisotopic (exact) mass is 455 g/mol. The van der Waals surface area contributed by atoms with E-state index in [1.54, 1.807) is 6.07 Å². The third kappa shape index (κ3) is 4.77. The highest BCUT2D eigenvalue weighted by atomic mass is 79.9. The van der Waals surface area contributed by atoms with Crippen molar-refractivity contribution in [3.05, 3.63) is 76.3 Å². The van der Waals surface area contributed by atoms with Gasteiger partial charge in [-0.15, -0.1) is 0 Å². The van der Waals surface area contributed by atoms with Crippen molar-refractivity contribution >= 4 is 38.6 Å². The highest BCUT2D eigenvalue weighted by Crippen LogP contribution is 2.31. The fourth-order valence-electron chi connectivity index (χ4n) is 2.95. The zero-order valence-corrected chi connectivity index (χ0v) is 17.8. The number of carboxylic acids is 1. The van der Waals surface area contributed by atoms with Crippen LogP contribution in [-0.4, -0.2) is 29.1 Å². The molecule has 0 unspecified atom stereocenters. The summed E-state index contributed by atoms with van der Waals surface area (Å²) >= 11 is 3.53. The molecular weight excluding hydrogens is 434 g/mol. The Morgan fingerprint density at radius 2 is 1.72 bits per heavy atom. The third-order valence-electron chi connectivity index (χ3n) is 4.66. The number of amides is 1. The van der Waals surface area contributed by atoms with Crippen molar-refractivity contribution in [1.82, 2.24) is 5.32 Å². The minimum atomic E-state index is -1.39. The number of aliphatic carboxylic acids is 1. The molecule has 0 fully saturated rings. The number of benzene rings is 3. The molecule has 0 aliphatic rings. The molecule has 0 saturated carbocycles. The van der Waals surface area contributed by atoms with Crippen LogP contribution in [0.2, 0.25) is 0 Å². The Kier molecular flexibility index (Phi) is 6.23. The molecule has 0 spiro atoms. The highest BCUT2D eigenvalue weighted by molar-refractivity contribution is 9.10. The van der Waals surface area contributed by atoms with Crippen LogP contribution < -0.4 is 10.1 Å². The predicted molar refractivity (Wildman–Crippen MR) is 116 cm³/mol. The van der Waals surface area contributed by atoms with Gasteiger partial charge in [0.15, 0.2) is 0 Å². The summed E-state index contributed by atoms with van der Waals surface area (Å²) in [5.41, 5.74) is 0.0189. The maximum absolute atomic E-state index is 12.9. The molecule has 29 heavy (non-hydrogen) atoms. The minimum Gasteiger partial charge on any atom is -0.492 e. The van der Waals surface area contributed by atoms with E-state index in [1.165, 1.54) is 13.8 Å². The molecule has 150 valence electrons. The lowest BCUT2D eigenvalue weighted by Crippen LogP contribution is -2.49. The van der Waals surface area contributed by atoms with Crippen LogP contribution in [0.3, 0.4) is 0 Å². The van der Waals surface area contributed by atoms with E-state index in [1.807, 2.05) is 54.6 Å². The second kappa shape index (κ2) is 8.66. The van der Waals surface area contributed by atoms with E-state index in [0.717, 1.165) is 20.8 Å². The number of rotatable bonds is 7. The number of halogens is 1. The molecule has 2 N–H and O–H groups in total. The van der Waals surface area contributed by atoms with Gasteiger partial charge in [-0.05, 0) is 36.9 Å². The normalized spacial score (nSPS) is 11.3. The average Bonchev–Trinajstić information content (AvgIpc) is 2.69. The zero-order valence-electron chi connectivity index (χ0n) is 16.2. The number of carbonyl (C=O) groups excluding carboxylic acids is 1. The first-order valence-corrected chi connectivity index (χ1v) is 10.0. The van der Waals surface area contributed by atoms with Crippen LogP contribution in [0.15, 0.2) is 65.1 Å². The molecule has 0 aliphatic heterocycles. The van der Waals surface area contributed by atoms with Gasteiger partial charge in [-0.1, -0.05) is 64.5 Å². The number of hydrogen-bond donors (Lipinski definition) is 2. The Balaban J connectivity index is 1.91. The molecule has 0 heterocycles. The Bertz CT molecular complexity index is 1060. The molecule has 3 aromatic rings. The van der Waals surface area contributed by atoms with E-state index in [0.29, 0.717) is 24.3 Å². The summed E-state index contributed by atoms with van der Waals surface area (Å²) in [6.45, 7) is 3.27. The summed E-state index contributed by atoms with van der Waals surface area (Å²) in [6.07, 6.45) is 0.659. The second-order valence-electron chi connectivity index (χ2n) is 7.24. The Morgan fingerprint density at radius 3 is 2.45 bits per heavy atom. The first kappa shape index (κ1) is 20.9. The number of ether oxygens (including phenoxy) is 1. The predicted octanol–water partition coefficient (Wildman–Crippen LogP) is 4.82. The molecule has 6 heteroatoms. The van der Waals surface area contributed by atoms with E-state index in [9.17, 15) is 14.7 Å². The number of carboxylic acid groups (broad SMARTS) is 1. The van der Waals surface area contributed by atoms with Crippen LogP contribution in [-0.2, 0) is 11.2 Å². The smallest absolute Gasteiger partial charge is 0.328 e. The number of hydrogen-bond acceptors (Lipinski definition) is 3. The highest BCUT2D eigenvalue weighted by Gasteiger charge is 2.30. The second-order valence-corrected chi connectivity index (χ2v) is 8.09. The van der Waals surface area contributed by atoms with Gasteiger partial charge in [0.2, 0.25) is 0 Å². The number of carbonyl (C=O) groups is 2. The molecule has 3 rings (SSSR count). The van der Waals surface area contributed by atoms with E-state index in [4.69, 9.17) is 4.74 Å². The first-order chi connectivity index (χ1) is 13.8. The summed E-state index contributed by atoms with van der Waals surface area (Å²) in [5, 5.41) is 13.6. The van der Waals surface area contributed by atoms with Crippen molar-refractivity contribution in [3.63, 3.8) is 0 Å². The Labute approximate surface area is 177 Å². The molecule has 0 atom stereocenters. The van der Waals surface area contributed by atoms with Crippen LogP contribution >= 0.6 is 15.9 Å². The quantitative estimate of drug-likeness (QED) is 0.535. The van der Waals surface area contributed by atoms with Crippen LogP contribution in [0.1, 0.15) is 29.8 Å². The lowest BCUT2D eigenvalue weighted by molar-refractivity contribution is -0.143. The van der Waals surface area contributed by atoms with Crippen molar-refractivity contribution in [3.8, 4) is 5.75 Å². The summed E-state index contributed by atoms with van der Waals surface area (Å²) < 4.78 is 7.08. The lowest BCUT2D eigenvalue weighted by atomic mass is 10.0. The molecule has 0 bridgehead atoms. The van der Waals surface area contributed by atoms with E-state index in [2.05, 4.69) is 21.2 Å². The van der Waals surface area contributed by atoms with Gasteiger partial charge in [0.25, 0.3) is 5.91 Å². The summed E-state index contributed by atoms with van der Waals surface area (Å²) in [5.74, 6) is -1.14. The lowest BCUT2D eigenvalue weighted by Gasteiger charge is -2.22. The maximum atomic E-state index is 12.9. The number of nitrogens with one attached hydrogen (secondary N) is 1. The summed E-state index contributed by atoms with van der Waals surface area (Å²) in [7, 11) is 0. The van der Waals surface area contributed by atoms with Crippen molar-refractivity contribution in [1.29, 1.82) is 0 Å². The number of fused-ring (bicyclic) bond motifs is 1. The molecule has 0 aliphatic carbocycles. The van der Waals surface area contributed by atoms with Gasteiger partial charge < -0.3 is 15.2 Å². The van der Waals surface area contributed by atoms with Crippen molar-refractivity contribution < 1.29 is 19.4 Å². The largest absolute Gasteiger partial charge is 0.492 e. The van der Waals surface area contributed by atoms with Crippen LogP contribution in [0.4, 0.5) is 0 Å². The van der Waals surface area contributed by atoms with E-state index < -0.39 is 17.4 Å². The molecule has 0 saturated heterocycles. The third-order valence-corrected chi connectivity index (χ3v) is 5.43. The fraction of sp³-hybridized carbons (Fsp3) is 0.217. The molecule has 0 aromatic heterocycles. The van der Waals surface area contributed by atoms with Gasteiger partial charge in [-0.3, -0.25) is 4.79 Å². The summed E-state index contributed by atoms with van der Waals surface area (Å²) in [6, 6.07) is 19.0. The minimum absolute atomic E-state index is 0.310. The molecule has 0 radical (unpaired) electrons. The molecule has 5 nitrogen and oxygen atoms in total. The van der Waals surface area contributed by atoms with Gasteiger partial charge in [0.1, 0.15) is 11.3 Å². The van der Waals surface area contributed by atoms with Crippen molar-refractivity contribution in [2.75, 3.05) is 6.61 Å².